The second kappa shape index (κ2) is 12.8. The Bertz CT molecular complexity index is 1380. The van der Waals surface area contributed by atoms with Gasteiger partial charge in [0.05, 0.1) is 23.5 Å². The summed E-state index contributed by atoms with van der Waals surface area (Å²) in [5.41, 5.74) is 3.52. The third-order valence-corrected chi connectivity index (χ3v) is 17.6. The summed E-state index contributed by atoms with van der Waals surface area (Å²) < 4.78 is 13.8. The first-order valence-electron chi connectivity index (χ1n) is 21.3. The van der Waals surface area contributed by atoms with Crippen molar-refractivity contribution in [2.75, 3.05) is 13.2 Å². The third kappa shape index (κ3) is 5.56. The van der Waals surface area contributed by atoms with Crippen LogP contribution < -0.4 is 11.1 Å². The molecule has 0 amide bonds. The number of fused-ring (bicyclic) bond motifs is 5. The largest absolute Gasteiger partial charge is 0.393 e. The summed E-state index contributed by atoms with van der Waals surface area (Å²) >= 11 is 0. The molecule has 8 heteroatoms. The maximum Gasteiger partial charge on any atom is 0.159 e. The van der Waals surface area contributed by atoms with E-state index in [1.165, 1.54) is 25.7 Å². The number of aliphatic hydroxyl groups is 3. The van der Waals surface area contributed by atoms with Crippen LogP contribution >= 0.6 is 0 Å². The molecule has 0 aromatic carbocycles. The van der Waals surface area contributed by atoms with Gasteiger partial charge in [0, 0.05) is 17.9 Å². The average Bonchev–Trinajstić information content (AvgIpc) is 3.62. The van der Waals surface area contributed by atoms with E-state index in [0.29, 0.717) is 37.2 Å². The SMILES string of the molecule is C[C@H]1CCO[C@@]([C@@H]2O[C@@H]2[C@](C)(O)C(C)(C)CCC2CCNC(N)C2)([C@@H]2CC[C@]3(O)C4=CC(=O)[C@H]5C[C@@H](O)CC[C@]5(C5CCCC5)[C@@H]4CC[C@]23C)C1. The predicted molar refractivity (Wildman–Crippen MR) is 197 cm³/mol. The second-order valence-corrected chi connectivity index (χ2v) is 20.4. The van der Waals surface area contributed by atoms with Crippen LogP contribution in [0.25, 0.3) is 0 Å². The van der Waals surface area contributed by atoms with Crippen molar-refractivity contribution in [1.82, 2.24) is 5.32 Å². The number of nitrogens with one attached hydrogen (secondary N) is 1. The molecule has 3 heterocycles. The number of carbonyl (C=O) groups excluding carboxylic acids is 1. The fraction of sp³-hybridized carbons (Fsp3) is 0.930. The number of epoxide rings is 1. The molecule has 288 valence electrons. The van der Waals surface area contributed by atoms with Crippen molar-refractivity contribution in [3.63, 3.8) is 0 Å². The molecule has 0 aromatic heterocycles. The van der Waals surface area contributed by atoms with Gasteiger partial charge in [-0.05, 0) is 162 Å². The molecule has 8 rings (SSSR count). The molecule has 2 unspecified atom stereocenters. The molecule has 4 saturated carbocycles. The van der Waals surface area contributed by atoms with Crippen molar-refractivity contribution < 1.29 is 29.6 Å². The quantitative estimate of drug-likeness (QED) is 0.188. The minimum Gasteiger partial charge on any atom is -0.393 e. The summed E-state index contributed by atoms with van der Waals surface area (Å²) in [6.07, 6.45) is 17.2. The maximum absolute atomic E-state index is 14.3. The fourth-order valence-electron chi connectivity index (χ4n) is 14.2. The number of nitrogens with two attached hydrogens (primary N) is 1. The molecule has 8 nitrogen and oxygen atoms in total. The lowest BCUT2D eigenvalue weighted by Crippen LogP contribution is -2.64. The van der Waals surface area contributed by atoms with Crippen LogP contribution in [0.1, 0.15) is 144 Å². The fourth-order valence-corrected chi connectivity index (χ4v) is 14.2. The first-order chi connectivity index (χ1) is 24.1. The number of carbonyl (C=O) groups is 1. The number of aliphatic hydroxyl groups excluding tert-OH is 1. The summed E-state index contributed by atoms with van der Waals surface area (Å²) in [6, 6.07) is 0. The number of allylic oxidation sites excluding steroid dienone is 1. The zero-order chi connectivity index (χ0) is 36.2. The summed E-state index contributed by atoms with van der Waals surface area (Å²) in [5.74, 6) is 1.77. The topological polar surface area (TPSA) is 138 Å². The Balaban J connectivity index is 1.09. The smallest absolute Gasteiger partial charge is 0.159 e. The molecular formula is C43H70N2O6. The van der Waals surface area contributed by atoms with Crippen LogP contribution in [0.5, 0.6) is 0 Å². The van der Waals surface area contributed by atoms with Crippen LogP contribution in [-0.4, -0.2) is 75.5 Å². The normalized spacial score (nSPS) is 50.2. The van der Waals surface area contributed by atoms with E-state index in [0.717, 1.165) is 82.7 Å². The number of ketones is 1. The number of rotatable bonds is 8. The van der Waals surface area contributed by atoms with Gasteiger partial charge in [0.2, 0.25) is 0 Å². The second-order valence-electron chi connectivity index (χ2n) is 20.4. The molecule has 7 fully saturated rings. The van der Waals surface area contributed by atoms with E-state index in [1.807, 2.05) is 13.0 Å². The highest BCUT2D eigenvalue weighted by molar-refractivity contribution is 5.95. The predicted octanol–water partition coefficient (Wildman–Crippen LogP) is 6.19. The van der Waals surface area contributed by atoms with Crippen LogP contribution in [0, 0.1) is 51.8 Å². The Labute approximate surface area is 307 Å². The molecule has 5 aliphatic carbocycles. The maximum atomic E-state index is 14.3. The lowest BCUT2D eigenvalue weighted by Gasteiger charge is -2.63. The molecule has 51 heavy (non-hydrogen) atoms. The van der Waals surface area contributed by atoms with E-state index < -0.39 is 28.3 Å². The Morgan fingerprint density at radius 2 is 1.76 bits per heavy atom. The zero-order valence-electron chi connectivity index (χ0n) is 32.4. The molecule has 6 N–H and O–H groups in total. The highest BCUT2D eigenvalue weighted by Gasteiger charge is 2.75. The van der Waals surface area contributed by atoms with Gasteiger partial charge >= 0.3 is 0 Å². The molecule has 0 bridgehead atoms. The Hall–Kier alpha value is -0.870. The van der Waals surface area contributed by atoms with Crippen molar-refractivity contribution in [3.05, 3.63) is 11.6 Å². The van der Waals surface area contributed by atoms with Gasteiger partial charge in [-0.1, -0.05) is 40.5 Å². The van der Waals surface area contributed by atoms with Crippen LogP contribution in [-0.2, 0) is 14.3 Å². The first kappa shape index (κ1) is 37.1. The van der Waals surface area contributed by atoms with Crippen molar-refractivity contribution >= 4 is 5.78 Å². The van der Waals surface area contributed by atoms with Gasteiger partial charge in [-0.15, -0.1) is 0 Å². The molecule has 8 aliphatic rings. The van der Waals surface area contributed by atoms with Crippen molar-refractivity contribution in [2.45, 2.75) is 185 Å². The molecule has 0 aromatic rings. The molecule has 0 radical (unpaired) electrons. The number of hydrogen-bond donors (Lipinski definition) is 5. The summed E-state index contributed by atoms with van der Waals surface area (Å²) in [6.45, 7) is 12.6. The van der Waals surface area contributed by atoms with Crippen LogP contribution in [0.2, 0.25) is 0 Å². The number of hydrogen-bond acceptors (Lipinski definition) is 8. The first-order valence-corrected chi connectivity index (χ1v) is 21.3. The standard InChI is InChI=1S/C43H70N2O6/c1-26-15-21-50-42(25-26,37-36(51-37)40(5,48)38(2,3)16-10-27-14-20-45-35(44)22-27)34-13-19-43(49)31-24-33(47)32-23-29(46)11-18-41(32,28-8-6-7-9-28)30(31)12-17-39(34,43)4/h24,26-30,32,34-37,45-46,48-49H,6-23,25,44H2,1-5H3/t26-,27?,29-,30+,32+,34+,35?,36-,37+,39+,40-,41-,42+,43-/m0/s1. The molecule has 0 spiro atoms. The Kier molecular flexibility index (Phi) is 9.34. The lowest BCUT2D eigenvalue weighted by molar-refractivity contribution is -0.196. The van der Waals surface area contributed by atoms with Crippen molar-refractivity contribution in [2.24, 2.45) is 57.5 Å². The van der Waals surface area contributed by atoms with Gasteiger partial charge in [-0.25, -0.2) is 0 Å². The number of ether oxygens (including phenoxy) is 2. The summed E-state index contributed by atoms with van der Waals surface area (Å²) in [5, 5.41) is 39.9. The van der Waals surface area contributed by atoms with Crippen LogP contribution in [0.15, 0.2) is 11.6 Å². The van der Waals surface area contributed by atoms with E-state index in [2.05, 4.69) is 33.0 Å². The molecule has 3 aliphatic heterocycles. The van der Waals surface area contributed by atoms with Crippen LogP contribution in [0.3, 0.4) is 0 Å². The van der Waals surface area contributed by atoms with Gasteiger partial charge in [0.25, 0.3) is 0 Å². The average molecular weight is 711 g/mol. The van der Waals surface area contributed by atoms with E-state index >= 15 is 0 Å². The van der Waals surface area contributed by atoms with E-state index in [-0.39, 0.29) is 52.7 Å². The van der Waals surface area contributed by atoms with Crippen LogP contribution in [0.4, 0.5) is 0 Å². The zero-order valence-corrected chi connectivity index (χ0v) is 32.4. The van der Waals surface area contributed by atoms with E-state index in [1.54, 1.807) is 0 Å². The highest BCUT2D eigenvalue weighted by atomic mass is 16.6. The monoisotopic (exact) mass is 711 g/mol. The van der Waals surface area contributed by atoms with Gasteiger partial charge in [-0.2, -0.15) is 0 Å². The molecule has 14 atom stereocenters. The van der Waals surface area contributed by atoms with Gasteiger partial charge < -0.3 is 35.8 Å². The third-order valence-electron chi connectivity index (χ3n) is 17.6. The Morgan fingerprint density at radius 1 is 1.00 bits per heavy atom. The molecular weight excluding hydrogens is 640 g/mol. The van der Waals surface area contributed by atoms with Gasteiger partial charge in [0.1, 0.15) is 17.8 Å². The lowest BCUT2D eigenvalue weighted by atomic mass is 9.42. The van der Waals surface area contributed by atoms with Crippen molar-refractivity contribution in [3.8, 4) is 0 Å². The van der Waals surface area contributed by atoms with Crippen molar-refractivity contribution in [1.29, 1.82) is 0 Å². The summed E-state index contributed by atoms with van der Waals surface area (Å²) in [4.78, 5) is 14.3. The van der Waals surface area contributed by atoms with Gasteiger partial charge in [0.15, 0.2) is 5.78 Å². The van der Waals surface area contributed by atoms with E-state index in [9.17, 15) is 20.1 Å². The highest BCUT2D eigenvalue weighted by Crippen LogP contribution is 2.72. The minimum atomic E-state index is -1.08. The molecule has 3 saturated heterocycles. The van der Waals surface area contributed by atoms with E-state index in [4.69, 9.17) is 15.2 Å². The number of piperidine rings is 1. The minimum absolute atomic E-state index is 0.0492. The van der Waals surface area contributed by atoms with Gasteiger partial charge in [-0.3, -0.25) is 4.79 Å². The Morgan fingerprint density at radius 3 is 2.49 bits per heavy atom. The summed E-state index contributed by atoms with van der Waals surface area (Å²) in [7, 11) is 0.